The summed E-state index contributed by atoms with van der Waals surface area (Å²) in [5, 5.41) is 5.94. The molecule has 30 heavy (non-hydrogen) atoms. The van der Waals surface area contributed by atoms with Crippen LogP contribution in [0, 0.1) is 0 Å². The van der Waals surface area contributed by atoms with Gasteiger partial charge in [0.15, 0.2) is 0 Å². The van der Waals surface area contributed by atoms with E-state index in [1.54, 1.807) is 7.11 Å². The summed E-state index contributed by atoms with van der Waals surface area (Å²) in [6, 6.07) is 15.5. The highest BCUT2D eigenvalue weighted by Gasteiger charge is 2.25. The van der Waals surface area contributed by atoms with E-state index in [0.717, 1.165) is 36.3 Å². The summed E-state index contributed by atoms with van der Waals surface area (Å²) >= 11 is 0. The number of ether oxygens (including phenoxy) is 1. The molecule has 1 atom stereocenters. The van der Waals surface area contributed by atoms with Crippen molar-refractivity contribution >= 4 is 11.9 Å². The van der Waals surface area contributed by atoms with Crippen LogP contribution in [-0.2, 0) is 6.54 Å². The largest absolute Gasteiger partial charge is 0.497 e. The molecule has 1 aliphatic heterocycles. The van der Waals surface area contributed by atoms with Crippen LogP contribution in [-0.4, -0.2) is 43.1 Å². The molecule has 0 saturated carbocycles. The Morgan fingerprint density at radius 1 is 1.17 bits per heavy atom. The molecule has 2 aromatic rings. The smallest absolute Gasteiger partial charge is 0.317 e. The molecule has 2 aromatic carbocycles. The summed E-state index contributed by atoms with van der Waals surface area (Å²) in [5.41, 5.74) is 2.73. The number of nitrogens with zero attached hydrogens (tertiary/aromatic N) is 1. The van der Waals surface area contributed by atoms with Crippen LogP contribution in [0.2, 0.25) is 0 Å². The van der Waals surface area contributed by atoms with E-state index in [9.17, 15) is 9.59 Å². The zero-order valence-electron chi connectivity index (χ0n) is 18.0. The summed E-state index contributed by atoms with van der Waals surface area (Å²) in [4.78, 5) is 26.9. The quantitative estimate of drug-likeness (QED) is 0.760. The lowest BCUT2D eigenvalue weighted by atomic mass is 9.89. The summed E-state index contributed by atoms with van der Waals surface area (Å²) in [7, 11) is 1.63. The Balaban J connectivity index is 1.63. The van der Waals surface area contributed by atoms with E-state index in [0.29, 0.717) is 18.7 Å². The third kappa shape index (κ3) is 5.75. The van der Waals surface area contributed by atoms with Crippen molar-refractivity contribution in [2.24, 2.45) is 0 Å². The first-order valence-corrected chi connectivity index (χ1v) is 10.5. The van der Waals surface area contributed by atoms with Gasteiger partial charge in [-0.1, -0.05) is 24.3 Å². The summed E-state index contributed by atoms with van der Waals surface area (Å²) in [5.74, 6) is 0.903. The van der Waals surface area contributed by atoms with Crippen molar-refractivity contribution in [1.82, 2.24) is 15.5 Å². The maximum absolute atomic E-state index is 12.7. The first kappa shape index (κ1) is 21.7. The number of likely N-dealkylation sites (tertiary alicyclic amines) is 1. The van der Waals surface area contributed by atoms with E-state index in [1.807, 2.05) is 67.3 Å². The van der Waals surface area contributed by atoms with Crippen molar-refractivity contribution in [3.63, 3.8) is 0 Å². The van der Waals surface area contributed by atoms with Crippen LogP contribution in [0.1, 0.15) is 54.1 Å². The molecule has 0 unspecified atom stereocenters. The minimum atomic E-state index is -0.107. The molecule has 6 nitrogen and oxygen atoms in total. The Labute approximate surface area is 178 Å². The number of rotatable bonds is 6. The number of carbonyl (C=O) groups is 2. The number of amides is 3. The topological polar surface area (TPSA) is 70.7 Å². The van der Waals surface area contributed by atoms with Gasteiger partial charge in [0.1, 0.15) is 5.75 Å². The van der Waals surface area contributed by atoms with Crippen molar-refractivity contribution in [2.75, 3.05) is 20.2 Å². The fourth-order valence-corrected chi connectivity index (χ4v) is 3.77. The molecule has 1 fully saturated rings. The van der Waals surface area contributed by atoms with E-state index in [1.165, 1.54) is 0 Å². The summed E-state index contributed by atoms with van der Waals surface area (Å²) < 4.78 is 5.23. The molecule has 0 aliphatic carbocycles. The average molecular weight is 410 g/mol. The third-order valence-corrected chi connectivity index (χ3v) is 5.33. The van der Waals surface area contributed by atoms with Crippen LogP contribution in [0.5, 0.6) is 5.75 Å². The fraction of sp³-hybridized carbons (Fsp3) is 0.417. The van der Waals surface area contributed by atoms with Crippen LogP contribution in [0.4, 0.5) is 4.79 Å². The number of urea groups is 1. The fourth-order valence-electron chi connectivity index (χ4n) is 3.77. The lowest BCUT2D eigenvalue weighted by Gasteiger charge is -2.33. The Morgan fingerprint density at radius 2 is 1.97 bits per heavy atom. The normalized spacial score (nSPS) is 16.3. The van der Waals surface area contributed by atoms with Gasteiger partial charge in [0, 0.05) is 37.2 Å². The molecule has 0 radical (unpaired) electrons. The molecule has 1 heterocycles. The Morgan fingerprint density at radius 3 is 2.73 bits per heavy atom. The van der Waals surface area contributed by atoms with Crippen molar-refractivity contribution in [3.05, 3.63) is 65.2 Å². The van der Waals surface area contributed by atoms with Gasteiger partial charge in [0.05, 0.1) is 7.11 Å². The first-order chi connectivity index (χ1) is 14.5. The number of nitrogens with one attached hydrogen (secondary N) is 2. The SMILES string of the molecule is COc1cccc(CNC(=O)c2cccc([C@H]3CCCN(C(=O)NC(C)C)C3)c2)c1. The average Bonchev–Trinajstić information content (AvgIpc) is 2.77. The molecule has 3 rings (SSSR count). The number of methoxy groups -OCH3 is 1. The van der Waals surface area contributed by atoms with Gasteiger partial charge in [0.2, 0.25) is 0 Å². The number of carbonyl (C=O) groups excluding carboxylic acids is 2. The van der Waals surface area contributed by atoms with E-state index in [-0.39, 0.29) is 23.9 Å². The zero-order valence-corrected chi connectivity index (χ0v) is 18.0. The lowest BCUT2D eigenvalue weighted by molar-refractivity contribution is 0.0950. The second kappa shape index (κ2) is 10.1. The maximum Gasteiger partial charge on any atom is 0.317 e. The van der Waals surface area contributed by atoms with E-state index < -0.39 is 0 Å². The molecule has 1 saturated heterocycles. The number of hydrogen-bond acceptors (Lipinski definition) is 3. The Hall–Kier alpha value is -3.02. The maximum atomic E-state index is 12.7. The molecule has 160 valence electrons. The van der Waals surface area contributed by atoms with Crippen molar-refractivity contribution in [2.45, 2.75) is 45.2 Å². The third-order valence-electron chi connectivity index (χ3n) is 5.33. The van der Waals surface area contributed by atoms with Gasteiger partial charge in [-0.2, -0.15) is 0 Å². The monoisotopic (exact) mass is 409 g/mol. The lowest BCUT2D eigenvalue weighted by Crippen LogP contribution is -2.47. The van der Waals surface area contributed by atoms with Crippen LogP contribution in [0.15, 0.2) is 48.5 Å². The predicted octanol–water partition coefficient (Wildman–Crippen LogP) is 3.92. The summed E-state index contributed by atoms with van der Waals surface area (Å²) in [6.07, 6.45) is 1.97. The molecule has 0 spiro atoms. The second-order valence-corrected chi connectivity index (χ2v) is 8.05. The number of hydrogen-bond donors (Lipinski definition) is 2. The van der Waals surface area contributed by atoms with Gasteiger partial charge >= 0.3 is 6.03 Å². The Kier molecular flexibility index (Phi) is 7.33. The van der Waals surface area contributed by atoms with Gasteiger partial charge in [0.25, 0.3) is 5.91 Å². The standard InChI is InChI=1S/C24H31N3O3/c1-17(2)26-24(29)27-12-6-10-21(16-27)19-8-5-9-20(14-19)23(28)25-15-18-7-4-11-22(13-18)30-3/h4-5,7-9,11,13-14,17,21H,6,10,12,15-16H2,1-3H3,(H,25,28)(H,26,29)/t21-/m0/s1. The highest BCUT2D eigenvalue weighted by Crippen LogP contribution is 2.27. The van der Waals surface area contributed by atoms with Crippen LogP contribution < -0.4 is 15.4 Å². The zero-order chi connectivity index (χ0) is 21.5. The van der Waals surface area contributed by atoms with Crippen LogP contribution in [0.25, 0.3) is 0 Å². The highest BCUT2D eigenvalue weighted by atomic mass is 16.5. The number of piperidine rings is 1. The molecule has 0 bridgehead atoms. The molecule has 0 aromatic heterocycles. The molecular weight excluding hydrogens is 378 g/mol. The second-order valence-electron chi connectivity index (χ2n) is 8.05. The molecule has 1 aliphatic rings. The molecular formula is C24H31N3O3. The van der Waals surface area contributed by atoms with Gasteiger partial charge < -0.3 is 20.3 Å². The highest BCUT2D eigenvalue weighted by molar-refractivity contribution is 5.94. The molecule has 6 heteroatoms. The van der Waals surface area contributed by atoms with Crippen molar-refractivity contribution in [1.29, 1.82) is 0 Å². The minimum Gasteiger partial charge on any atom is -0.497 e. The van der Waals surface area contributed by atoms with Crippen molar-refractivity contribution in [3.8, 4) is 5.75 Å². The molecule has 2 N–H and O–H groups in total. The molecule has 3 amide bonds. The van der Waals surface area contributed by atoms with E-state index in [4.69, 9.17) is 4.74 Å². The number of benzene rings is 2. The van der Waals surface area contributed by atoms with Crippen LogP contribution >= 0.6 is 0 Å². The van der Waals surface area contributed by atoms with Gasteiger partial charge in [-0.05, 0) is 62.1 Å². The first-order valence-electron chi connectivity index (χ1n) is 10.5. The van der Waals surface area contributed by atoms with Gasteiger partial charge in [-0.3, -0.25) is 4.79 Å². The minimum absolute atomic E-state index is 0.0121. The Bertz CT molecular complexity index is 882. The summed E-state index contributed by atoms with van der Waals surface area (Å²) in [6.45, 7) is 5.82. The van der Waals surface area contributed by atoms with Crippen molar-refractivity contribution < 1.29 is 14.3 Å². The van der Waals surface area contributed by atoms with E-state index in [2.05, 4.69) is 10.6 Å². The van der Waals surface area contributed by atoms with Gasteiger partial charge in [-0.15, -0.1) is 0 Å². The van der Waals surface area contributed by atoms with E-state index >= 15 is 0 Å². The van der Waals surface area contributed by atoms with Crippen LogP contribution in [0.3, 0.4) is 0 Å². The predicted molar refractivity (Wildman–Crippen MR) is 118 cm³/mol. The van der Waals surface area contributed by atoms with Gasteiger partial charge in [-0.25, -0.2) is 4.79 Å².